The maximum atomic E-state index is 12.6. The van der Waals surface area contributed by atoms with Crippen molar-refractivity contribution >= 4 is 44.9 Å². The molecule has 2 heterocycles. The number of hydrogen-bond donors (Lipinski definition) is 2. The first-order valence-electron chi connectivity index (χ1n) is 8.29. The van der Waals surface area contributed by atoms with E-state index in [-0.39, 0.29) is 34.0 Å². The van der Waals surface area contributed by atoms with Gasteiger partial charge in [-0.1, -0.05) is 12.1 Å². The number of carbonyl (C=O) groups excluding carboxylic acids is 2. The van der Waals surface area contributed by atoms with Gasteiger partial charge in [0.05, 0.1) is 16.3 Å². The van der Waals surface area contributed by atoms with E-state index in [1.807, 2.05) is 6.92 Å². The van der Waals surface area contributed by atoms with Crippen LogP contribution in [0.2, 0.25) is 0 Å². The molecule has 2 N–H and O–H groups in total. The van der Waals surface area contributed by atoms with E-state index >= 15 is 0 Å². The number of hydrogen-bond acceptors (Lipinski definition) is 7. The monoisotopic (exact) mass is 409 g/mol. The maximum Gasteiger partial charge on any atom is 0.226 e. The molecule has 0 fully saturated rings. The summed E-state index contributed by atoms with van der Waals surface area (Å²) in [6, 6.07) is 6.18. The van der Waals surface area contributed by atoms with Crippen LogP contribution in [0.25, 0.3) is 0 Å². The normalized spacial score (nSPS) is 17.0. The first-order chi connectivity index (χ1) is 12.7. The van der Waals surface area contributed by atoms with Crippen molar-refractivity contribution in [2.45, 2.75) is 41.7 Å². The average molecular weight is 409 g/mol. The molecule has 0 aliphatic carbocycles. The van der Waals surface area contributed by atoms with Crippen LogP contribution in [-0.2, 0) is 19.4 Å². The molecule has 144 valence electrons. The molecule has 3 rings (SSSR count). The fourth-order valence-electron chi connectivity index (χ4n) is 2.60. The second-order valence-corrected chi connectivity index (χ2v) is 9.87. The number of amides is 2. The number of carbonyl (C=O) groups is 2. The lowest BCUT2D eigenvalue weighted by Crippen LogP contribution is -2.18. The second kappa shape index (κ2) is 7.73. The Balaban J connectivity index is 1.69. The van der Waals surface area contributed by atoms with E-state index < -0.39 is 15.7 Å². The quantitative estimate of drug-likeness (QED) is 0.779. The van der Waals surface area contributed by atoms with Crippen LogP contribution in [0.5, 0.6) is 0 Å². The lowest BCUT2D eigenvalue weighted by atomic mass is 10.3. The van der Waals surface area contributed by atoms with Crippen LogP contribution in [0.15, 0.2) is 38.6 Å². The van der Waals surface area contributed by atoms with Gasteiger partial charge < -0.3 is 15.2 Å². The summed E-state index contributed by atoms with van der Waals surface area (Å²) >= 11 is 1.52. The minimum atomic E-state index is -3.68. The Labute approximate surface area is 161 Å². The zero-order valence-corrected chi connectivity index (χ0v) is 16.4. The van der Waals surface area contributed by atoms with Gasteiger partial charge in [-0.2, -0.15) is 0 Å². The summed E-state index contributed by atoms with van der Waals surface area (Å²) in [7, 11) is -3.68. The zero-order chi connectivity index (χ0) is 19.6. The highest BCUT2D eigenvalue weighted by Crippen LogP contribution is 2.36. The molecule has 1 aromatic heterocycles. The number of thioether (sulfide) groups is 1. The average Bonchev–Trinajstić information content (AvgIpc) is 2.92. The number of benzene rings is 1. The summed E-state index contributed by atoms with van der Waals surface area (Å²) in [5.41, 5.74) is 0.484. The van der Waals surface area contributed by atoms with Crippen molar-refractivity contribution in [1.82, 2.24) is 5.16 Å². The largest absolute Gasteiger partial charge is 0.360 e. The van der Waals surface area contributed by atoms with E-state index in [1.54, 1.807) is 19.1 Å². The van der Waals surface area contributed by atoms with E-state index in [4.69, 9.17) is 4.52 Å². The van der Waals surface area contributed by atoms with Gasteiger partial charge in [-0.3, -0.25) is 9.59 Å². The van der Waals surface area contributed by atoms with Crippen molar-refractivity contribution in [3.05, 3.63) is 30.0 Å². The molecule has 1 aliphatic heterocycles. The van der Waals surface area contributed by atoms with E-state index in [0.717, 1.165) is 4.90 Å². The first-order valence-corrected chi connectivity index (χ1v) is 10.8. The van der Waals surface area contributed by atoms with Crippen LogP contribution in [-0.4, -0.2) is 36.4 Å². The van der Waals surface area contributed by atoms with Gasteiger partial charge in [0.15, 0.2) is 15.7 Å². The first kappa shape index (κ1) is 19.4. The highest BCUT2D eigenvalue weighted by molar-refractivity contribution is 8.00. The lowest BCUT2D eigenvalue weighted by Gasteiger charge is -2.10. The molecule has 1 aromatic carbocycles. The van der Waals surface area contributed by atoms with Crippen LogP contribution in [0.4, 0.5) is 11.5 Å². The minimum Gasteiger partial charge on any atom is -0.360 e. The van der Waals surface area contributed by atoms with Gasteiger partial charge in [0.25, 0.3) is 0 Å². The molecule has 1 atom stereocenters. The highest BCUT2D eigenvalue weighted by Gasteiger charge is 2.23. The van der Waals surface area contributed by atoms with Gasteiger partial charge in [-0.05, 0) is 25.1 Å². The maximum absolute atomic E-state index is 12.6. The topological polar surface area (TPSA) is 118 Å². The van der Waals surface area contributed by atoms with Crippen molar-refractivity contribution in [1.29, 1.82) is 0 Å². The van der Waals surface area contributed by atoms with Gasteiger partial charge in [-0.15, -0.1) is 11.8 Å². The molecule has 2 aromatic rings. The Morgan fingerprint density at radius 1 is 1.41 bits per heavy atom. The number of anilines is 2. The third kappa shape index (κ3) is 4.89. The fraction of sp³-hybridized carbons (Fsp3) is 0.353. The van der Waals surface area contributed by atoms with Crippen molar-refractivity contribution in [3.63, 3.8) is 0 Å². The molecule has 0 unspecified atom stereocenters. The van der Waals surface area contributed by atoms with Crippen LogP contribution < -0.4 is 10.6 Å². The molecular weight excluding hydrogens is 390 g/mol. The van der Waals surface area contributed by atoms with Gasteiger partial charge in [0, 0.05) is 29.1 Å². The molecule has 0 bridgehead atoms. The van der Waals surface area contributed by atoms with Crippen molar-refractivity contribution in [3.8, 4) is 0 Å². The van der Waals surface area contributed by atoms with Crippen LogP contribution in [0, 0.1) is 6.92 Å². The highest BCUT2D eigenvalue weighted by atomic mass is 32.2. The SMILES string of the molecule is Cc1cc(NC(=O)CCS(=O)(=O)c2ccc3c(c2)NC(=O)C[C@@H](C)S3)no1. The van der Waals surface area contributed by atoms with Gasteiger partial charge in [-0.25, -0.2) is 8.42 Å². The number of sulfone groups is 1. The zero-order valence-electron chi connectivity index (χ0n) is 14.8. The van der Waals surface area contributed by atoms with Crippen molar-refractivity contribution in [2.75, 3.05) is 16.4 Å². The van der Waals surface area contributed by atoms with E-state index in [1.165, 1.54) is 23.9 Å². The lowest BCUT2D eigenvalue weighted by molar-refractivity contribution is -0.116. The number of fused-ring (bicyclic) bond motifs is 1. The molecule has 10 heteroatoms. The summed E-state index contributed by atoms with van der Waals surface area (Å²) in [6.45, 7) is 3.63. The Kier molecular flexibility index (Phi) is 5.56. The Bertz CT molecular complexity index is 984. The standard InChI is InChI=1S/C17H19N3O5S2/c1-10-7-15(20-25-10)19-16(21)5-6-27(23,24)12-3-4-14-13(9-12)18-17(22)8-11(2)26-14/h3-4,7,9,11H,5-6,8H2,1-2H3,(H,18,22)(H,19,20,21)/t11-/m1/s1. The predicted octanol–water partition coefficient (Wildman–Crippen LogP) is 2.61. The minimum absolute atomic E-state index is 0.0711. The smallest absolute Gasteiger partial charge is 0.226 e. The Morgan fingerprint density at radius 3 is 2.89 bits per heavy atom. The molecule has 27 heavy (non-hydrogen) atoms. The van der Waals surface area contributed by atoms with E-state index in [9.17, 15) is 18.0 Å². The molecule has 8 nitrogen and oxygen atoms in total. The van der Waals surface area contributed by atoms with Crippen LogP contribution in [0.3, 0.4) is 0 Å². The van der Waals surface area contributed by atoms with E-state index in [2.05, 4.69) is 15.8 Å². The van der Waals surface area contributed by atoms with Gasteiger partial charge in [0.2, 0.25) is 11.8 Å². The number of rotatable bonds is 5. The summed E-state index contributed by atoms with van der Waals surface area (Å²) < 4.78 is 30.0. The summed E-state index contributed by atoms with van der Waals surface area (Å²) in [4.78, 5) is 24.7. The predicted molar refractivity (Wildman–Crippen MR) is 102 cm³/mol. The number of aromatic nitrogens is 1. The molecule has 0 saturated heterocycles. The van der Waals surface area contributed by atoms with Crippen LogP contribution >= 0.6 is 11.8 Å². The summed E-state index contributed by atoms with van der Waals surface area (Å²) in [5.74, 6) is -0.192. The number of aryl methyl sites for hydroxylation is 1. The third-order valence-electron chi connectivity index (χ3n) is 3.88. The van der Waals surface area contributed by atoms with E-state index in [0.29, 0.717) is 17.9 Å². The number of nitrogens with zero attached hydrogens (tertiary/aromatic N) is 1. The fourth-order valence-corrected chi connectivity index (χ4v) is 4.91. The van der Waals surface area contributed by atoms with Gasteiger partial charge in [0.1, 0.15) is 5.76 Å². The second-order valence-electron chi connectivity index (χ2n) is 6.28. The molecule has 2 amide bonds. The Morgan fingerprint density at radius 2 is 2.19 bits per heavy atom. The molecule has 1 aliphatic rings. The van der Waals surface area contributed by atoms with Crippen LogP contribution in [0.1, 0.15) is 25.5 Å². The number of nitrogens with one attached hydrogen (secondary N) is 2. The molecule has 0 radical (unpaired) electrons. The third-order valence-corrected chi connectivity index (χ3v) is 6.77. The Hall–Kier alpha value is -2.33. The molecular formula is C17H19N3O5S2. The summed E-state index contributed by atoms with van der Waals surface area (Å²) in [6.07, 6.45) is 0.145. The van der Waals surface area contributed by atoms with Crippen molar-refractivity contribution < 1.29 is 22.5 Å². The van der Waals surface area contributed by atoms with Gasteiger partial charge >= 0.3 is 0 Å². The van der Waals surface area contributed by atoms with Crippen molar-refractivity contribution in [2.24, 2.45) is 0 Å². The summed E-state index contributed by atoms with van der Waals surface area (Å²) in [5, 5.41) is 8.97. The molecule has 0 saturated carbocycles. The molecule has 0 spiro atoms.